The van der Waals surface area contributed by atoms with Gasteiger partial charge in [0.1, 0.15) is 12.7 Å². The maximum Gasteiger partial charge on any atom is 0.459 e. The number of hydrogen-bond acceptors (Lipinski definition) is 5. The molecule has 0 N–H and O–H groups in total. The van der Waals surface area contributed by atoms with Gasteiger partial charge in [-0.05, 0) is 5.57 Å². The minimum absolute atomic E-state index is 0.170. The number of rotatable bonds is 5. The summed E-state index contributed by atoms with van der Waals surface area (Å²) < 4.78 is 0. The molecule has 72 valence electrons. The van der Waals surface area contributed by atoms with E-state index in [2.05, 4.69) is 6.58 Å². The van der Waals surface area contributed by atoms with Crippen molar-refractivity contribution in [3.05, 3.63) is 32.4 Å². The summed E-state index contributed by atoms with van der Waals surface area (Å²) in [5, 5.41) is 20.6. The lowest BCUT2D eigenvalue weighted by atomic mass is 10.1. The lowest BCUT2D eigenvalue weighted by molar-refractivity contribution is -0.791. The molecule has 0 rings (SSSR count). The Hall–Kier alpha value is -1.79. The highest BCUT2D eigenvalue weighted by Gasteiger charge is 2.50. The van der Waals surface area contributed by atoms with Gasteiger partial charge in [0.15, 0.2) is 0 Å². The monoisotopic (exact) mass is 188 g/mol. The molecule has 0 amide bonds. The summed E-state index contributed by atoms with van der Waals surface area (Å²) in [6, 6.07) is 0. The van der Waals surface area contributed by atoms with Crippen molar-refractivity contribution in [1.29, 1.82) is 0 Å². The van der Waals surface area contributed by atoms with Crippen LogP contribution >= 0.6 is 0 Å². The average Bonchev–Trinajstić information content (AvgIpc) is 2.03. The van der Waals surface area contributed by atoms with Crippen LogP contribution in [0, 0.1) is 20.2 Å². The normalized spacial score (nSPS) is 10.5. The second-order valence-electron chi connectivity index (χ2n) is 2.68. The summed E-state index contributed by atoms with van der Waals surface area (Å²) in [4.78, 5) is 28.6. The predicted octanol–water partition coefficient (Wildman–Crippen LogP) is 0.401. The Morgan fingerprint density at radius 3 is 2.08 bits per heavy atom. The number of nitrogens with zero attached hydrogens (tertiary/aromatic N) is 2. The molecule has 0 radical (unpaired) electrons. The van der Waals surface area contributed by atoms with Crippen molar-refractivity contribution in [1.82, 2.24) is 0 Å². The van der Waals surface area contributed by atoms with Gasteiger partial charge < -0.3 is 0 Å². The Morgan fingerprint density at radius 2 is 1.85 bits per heavy atom. The van der Waals surface area contributed by atoms with Crippen LogP contribution in [0.1, 0.15) is 13.3 Å². The molecule has 0 aromatic rings. The highest BCUT2D eigenvalue weighted by atomic mass is 16.7. The van der Waals surface area contributed by atoms with Gasteiger partial charge in [0.05, 0.1) is 16.8 Å². The van der Waals surface area contributed by atoms with E-state index >= 15 is 0 Å². The molecule has 0 saturated carbocycles. The second-order valence-corrected chi connectivity index (χ2v) is 2.68. The Morgan fingerprint density at radius 1 is 1.46 bits per heavy atom. The van der Waals surface area contributed by atoms with E-state index in [0.29, 0.717) is 0 Å². The van der Waals surface area contributed by atoms with E-state index < -0.39 is 21.9 Å². The van der Waals surface area contributed by atoms with Crippen LogP contribution in [0.4, 0.5) is 0 Å². The number of aldehydes is 1. The molecule has 0 aromatic heterocycles. The average molecular weight is 188 g/mol. The Kier molecular flexibility index (Phi) is 3.23. The molecule has 0 unspecified atom stereocenters. The van der Waals surface area contributed by atoms with Crippen LogP contribution in [0.5, 0.6) is 0 Å². The van der Waals surface area contributed by atoms with Crippen LogP contribution in [0.3, 0.4) is 0 Å². The second kappa shape index (κ2) is 3.74. The molecule has 0 spiro atoms. The van der Waals surface area contributed by atoms with Crippen molar-refractivity contribution in [2.24, 2.45) is 0 Å². The lowest BCUT2D eigenvalue weighted by Gasteiger charge is -2.11. The zero-order valence-electron chi connectivity index (χ0n) is 6.93. The van der Waals surface area contributed by atoms with Crippen LogP contribution in [0.25, 0.3) is 0 Å². The topological polar surface area (TPSA) is 103 Å². The van der Waals surface area contributed by atoms with Crippen molar-refractivity contribution < 1.29 is 14.6 Å². The molecule has 13 heavy (non-hydrogen) atoms. The van der Waals surface area contributed by atoms with Crippen LogP contribution in [0.2, 0.25) is 0 Å². The predicted molar refractivity (Wildman–Crippen MR) is 42.2 cm³/mol. The summed E-state index contributed by atoms with van der Waals surface area (Å²) in [6.07, 6.45) is -0.318. The van der Waals surface area contributed by atoms with Gasteiger partial charge >= 0.3 is 5.66 Å². The van der Waals surface area contributed by atoms with Crippen LogP contribution in [-0.4, -0.2) is 21.8 Å². The van der Waals surface area contributed by atoms with Crippen molar-refractivity contribution in [3.8, 4) is 0 Å². The van der Waals surface area contributed by atoms with Crippen molar-refractivity contribution in [2.45, 2.75) is 19.0 Å². The molecule has 0 heterocycles. The minimum atomic E-state index is -2.36. The zero-order valence-corrected chi connectivity index (χ0v) is 6.93. The van der Waals surface area contributed by atoms with E-state index in [0.717, 1.165) is 6.92 Å². The van der Waals surface area contributed by atoms with E-state index in [-0.39, 0.29) is 11.9 Å². The van der Waals surface area contributed by atoms with Gasteiger partial charge in [-0.2, -0.15) is 0 Å². The van der Waals surface area contributed by atoms with Crippen molar-refractivity contribution in [2.75, 3.05) is 0 Å². The fourth-order valence-corrected chi connectivity index (χ4v) is 0.668. The molecule has 0 fully saturated rings. The largest absolute Gasteiger partial charge is 0.459 e. The molecule has 0 bridgehead atoms. The van der Waals surface area contributed by atoms with Crippen LogP contribution < -0.4 is 0 Å². The van der Waals surface area contributed by atoms with Gasteiger partial charge in [0.25, 0.3) is 0 Å². The first-order chi connectivity index (χ1) is 5.84. The third kappa shape index (κ3) is 2.32. The molecule has 7 nitrogen and oxygen atoms in total. The fourth-order valence-electron chi connectivity index (χ4n) is 0.668. The molecule has 0 aromatic carbocycles. The van der Waals surface area contributed by atoms with E-state index in [1.165, 1.54) is 0 Å². The van der Waals surface area contributed by atoms with Gasteiger partial charge in [-0.25, -0.2) is 0 Å². The first kappa shape index (κ1) is 11.2. The molecule has 0 aliphatic rings. The van der Waals surface area contributed by atoms with Gasteiger partial charge in [-0.1, -0.05) is 6.58 Å². The zero-order chi connectivity index (χ0) is 10.6. The summed E-state index contributed by atoms with van der Waals surface area (Å²) in [6.45, 7) is 3.98. The Bertz CT molecular complexity index is 258. The van der Waals surface area contributed by atoms with Crippen molar-refractivity contribution in [3.63, 3.8) is 0 Å². The van der Waals surface area contributed by atoms with E-state index in [1.807, 2.05) is 0 Å². The Labute approximate surface area is 73.3 Å². The molecular weight excluding hydrogens is 180 g/mol. The van der Waals surface area contributed by atoms with E-state index in [1.54, 1.807) is 0 Å². The molecule has 0 aliphatic heterocycles. The number of hydrogen-bond donors (Lipinski definition) is 0. The summed E-state index contributed by atoms with van der Waals surface area (Å²) in [7, 11) is 0. The third-order valence-electron chi connectivity index (χ3n) is 1.52. The molecule has 0 aliphatic carbocycles. The van der Waals surface area contributed by atoms with Crippen molar-refractivity contribution >= 4 is 6.29 Å². The van der Waals surface area contributed by atoms with Crippen LogP contribution in [0.15, 0.2) is 12.2 Å². The standard InChI is InChI=1S/C6H8N2O5/c1-5(4-9)3-6(2,7(10)11)8(12)13/h4H,1,3H2,2H3. The first-order valence-electron chi connectivity index (χ1n) is 3.26. The van der Waals surface area contributed by atoms with Gasteiger partial charge in [0.2, 0.25) is 0 Å². The maximum atomic E-state index is 10.3. The number of carbonyl (C=O) groups is 1. The lowest BCUT2D eigenvalue weighted by Crippen LogP contribution is -2.43. The fraction of sp³-hybridized carbons (Fsp3) is 0.500. The molecular formula is C6H8N2O5. The van der Waals surface area contributed by atoms with Gasteiger partial charge in [-0.3, -0.25) is 25.0 Å². The highest BCUT2D eigenvalue weighted by molar-refractivity contribution is 5.72. The van der Waals surface area contributed by atoms with E-state index in [4.69, 9.17) is 0 Å². The van der Waals surface area contributed by atoms with Crippen LogP contribution in [-0.2, 0) is 4.79 Å². The molecule has 7 heteroatoms. The maximum absolute atomic E-state index is 10.3. The number of carbonyl (C=O) groups excluding carboxylic acids is 1. The quantitative estimate of drug-likeness (QED) is 0.204. The minimum Gasteiger partial charge on any atom is -0.298 e. The molecule has 0 saturated heterocycles. The highest BCUT2D eigenvalue weighted by Crippen LogP contribution is 2.18. The summed E-state index contributed by atoms with van der Waals surface area (Å²) in [5.74, 6) is 0. The van der Waals surface area contributed by atoms with Gasteiger partial charge in [-0.15, -0.1) is 0 Å². The molecule has 0 atom stereocenters. The Balaban J connectivity index is 4.82. The van der Waals surface area contributed by atoms with Gasteiger partial charge in [0, 0.05) is 0 Å². The third-order valence-corrected chi connectivity index (χ3v) is 1.52. The SMILES string of the molecule is C=C(C=O)CC(C)([N+](=O)[O-])[N+](=O)[O-]. The smallest absolute Gasteiger partial charge is 0.298 e. The first-order valence-corrected chi connectivity index (χ1v) is 3.26. The summed E-state index contributed by atoms with van der Waals surface area (Å²) in [5.41, 5.74) is -2.53. The van der Waals surface area contributed by atoms with E-state index in [9.17, 15) is 25.0 Å². The number of nitro groups is 2. The summed E-state index contributed by atoms with van der Waals surface area (Å²) >= 11 is 0.